The molecule has 3 atom stereocenters. The van der Waals surface area contributed by atoms with Crippen molar-refractivity contribution >= 4 is 11.9 Å². The Morgan fingerprint density at radius 2 is 1.44 bits per heavy atom. The molecule has 0 saturated heterocycles. The molecule has 34 heavy (non-hydrogen) atoms. The lowest BCUT2D eigenvalue weighted by atomic mass is 9.64. The highest BCUT2D eigenvalue weighted by molar-refractivity contribution is 5.70. The first-order valence-corrected chi connectivity index (χ1v) is 14.2. The average molecular weight is 483 g/mol. The molecule has 0 spiro atoms. The number of rotatable bonds is 21. The highest BCUT2D eigenvalue weighted by Gasteiger charge is 2.36. The average Bonchev–Trinajstić information content (AvgIpc) is 2.82. The second-order valence-electron chi connectivity index (χ2n) is 11.1. The summed E-state index contributed by atoms with van der Waals surface area (Å²) < 4.78 is 0. The van der Waals surface area contributed by atoms with E-state index in [1.807, 2.05) is 0 Å². The Morgan fingerprint density at radius 3 is 2.00 bits per heavy atom. The molecule has 0 amide bonds. The van der Waals surface area contributed by atoms with Crippen LogP contribution in [-0.4, -0.2) is 35.2 Å². The molecule has 6 heteroatoms. The van der Waals surface area contributed by atoms with Gasteiger partial charge in [-0.1, -0.05) is 71.1 Å². The predicted molar refractivity (Wildman–Crippen MR) is 140 cm³/mol. The summed E-state index contributed by atoms with van der Waals surface area (Å²) in [7, 11) is 0. The van der Waals surface area contributed by atoms with E-state index in [0.717, 1.165) is 83.1 Å². The first-order valence-electron chi connectivity index (χ1n) is 14.2. The minimum atomic E-state index is -0.719. The Hall–Kier alpha value is -1.14. The molecule has 0 bridgehead atoms. The van der Waals surface area contributed by atoms with Crippen molar-refractivity contribution in [2.45, 2.75) is 129 Å². The summed E-state index contributed by atoms with van der Waals surface area (Å²) in [5, 5.41) is 18.6. The van der Waals surface area contributed by atoms with E-state index in [2.05, 4.69) is 6.92 Å². The number of nitrogens with two attached hydrogens (primary N) is 2. The van der Waals surface area contributed by atoms with Gasteiger partial charge in [-0.2, -0.15) is 0 Å². The second-order valence-corrected chi connectivity index (χ2v) is 11.1. The van der Waals surface area contributed by atoms with E-state index in [4.69, 9.17) is 16.6 Å². The van der Waals surface area contributed by atoms with Gasteiger partial charge in [0.05, 0.1) is 5.92 Å². The molecule has 6 nitrogen and oxygen atoms in total. The van der Waals surface area contributed by atoms with Gasteiger partial charge in [0.1, 0.15) is 0 Å². The highest BCUT2D eigenvalue weighted by atomic mass is 16.4. The van der Waals surface area contributed by atoms with Crippen molar-refractivity contribution in [1.82, 2.24) is 0 Å². The van der Waals surface area contributed by atoms with Crippen molar-refractivity contribution in [3.63, 3.8) is 0 Å². The molecule has 1 fully saturated rings. The van der Waals surface area contributed by atoms with Crippen molar-refractivity contribution in [3.8, 4) is 0 Å². The van der Waals surface area contributed by atoms with Crippen molar-refractivity contribution in [1.29, 1.82) is 0 Å². The molecule has 1 aliphatic rings. The molecule has 3 unspecified atom stereocenters. The zero-order valence-corrected chi connectivity index (χ0v) is 21.9. The SMILES string of the molecule is CC(CCCCN)(CCC(CN)C(CCCCCCCCCC(=O)O)C(=O)O)C1CCCCC1. The van der Waals surface area contributed by atoms with Crippen LogP contribution in [0.25, 0.3) is 0 Å². The minimum Gasteiger partial charge on any atom is -0.481 e. The summed E-state index contributed by atoms with van der Waals surface area (Å²) in [6, 6.07) is 0. The van der Waals surface area contributed by atoms with Crippen LogP contribution in [0, 0.1) is 23.2 Å². The molecule has 0 aromatic carbocycles. The molecule has 1 rings (SSSR count). The molecular formula is C28H54N2O4. The largest absolute Gasteiger partial charge is 0.481 e. The first kappa shape index (κ1) is 30.9. The standard InChI is InChI=1S/C28H54N2O4/c1-28(19-12-13-21-29,24-14-8-7-9-15-24)20-18-23(22-30)25(27(33)34)16-10-5-3-2-4-6-11-17-26(31)32/h23-25H,2-22,29-30H2,1H3,(H,31,32)(H,33,34). The zero-order chi connectivity index (χ0) is 25.2. The Kier molecular flexibility index (Phi) is 16.5. The van der Waals surface area contributed by atoms with E-state index in [1.54, 1.807) is 0 Å². The molecule has 1 saturated carbocycles. The lowest BCUT2D eigenvalue weighted by molar-refractivity contribution is -0.144. The summed E-state index contributed by atoms with van der Waals surface area (Å²) in [4.78, 5) is 22.7. The molecule has 0 radical (unpaired) electrons. The van der Waals surface area contributed by atoms with Crippen LogP contribution in [0.15, 0.2) is 0 Å². The second kappa shape index (κ2) is 18.2. The van der Waals surface area contributed by atoms with Crippen LogP contribution in [0.2, 0.25) is 0 Å². The van der Waals surface area contributed by atoms with Crippen LogP contribution < -0.4 is 11.5 Å². The van der Waals surface area contributed by atoms with Gasteiger partial charge in [-0.25, -0.2) is 0 Å². The molecule has 0 aromatic heterocycles. The van der Waals surface area contributed by atoms with Crippen molar-refractivity contribution in [3.05, 3.63) is 0 Å². The maximum Gasteiger partial charge on any atom is 0.306 e. The smallest absolute Gasteiger partial charge is 0.306 e. The van der Waals surface area contributed by atoms with Crippen molar-refractivity contribution in [2.24, 2.45) is 34.6 Å². The predicted octanol–water partition coefficient (Wildman–Crippen LogP) is 6.35. The van der Waals surface area contributed by atoms with Gasteiger partial charge in [0.2, 0.25) is 0 Å². The van der Waals surface area contributed by atoms with E-state index < -0.39 is 11.9 Å². The number of hydrogen-bond donors (Lipinski definition) is 4. The molecule has 0 heterocycles. The number of hydrogen-bond acceptors (Lipinski definition) is 4. The number of unbranched alkanes of at least 4 members (excludes halogenated alkanes) is 7. The molecular weight excluding hydrogens is 428 g/mol. The molecule has 1 aliphatic carbocycles. The fraction of sp³-hybridized carbons (Fsp3) is 0.929. The zero-order valence-electron chi connectivity index (χ0n) is 21.9. The van der Waals surface area contributed by atoms with Crippen LogP contribution >= 0.6 is 0 Å². The molecule has 0 aromatic rings. The number of carboxylic acid groups (broad SMARTS) is 2. The molecule has 6 N–H and O–H groups in total. The van der Waals surface area contributed by atoms with Crippen molar-refractivity contribution < 1.29 is 19.8 Å². The maximum atomic E-state index is 12.1. The third-order valence-electron chi connectivity index (χ3n) is 8.47. The van der Waals surface area contributed by atoms with Crippen LogP contribution in [0.1, 0.15) is 129 Å². The Morgan fingerprint density at radius 1 is 0.824 bits per heavy atom. The number of carboxylic acids is 2. The summed E-state index contributed by atoms with van der Waals surface area (Å²) in [6.07, 6.45) is 19.9. The summed E-state index contributed by atoms with van der Waals surface area (Å²) in [5.74, 6) is -0.960. The number of carbonyl (C=O) groups is 2. The van der Waals surface area contributed by atoms with E-state index in [1.165, 1.54) is 38.5 Å². The van der Waals surface area contributed by atoms with E-state index in [0.29, 0.717) is 13.0 Å². The van der Waals surface area contributed by atoms with Gasteiger partial charge in [0, 0.05) is 6.42 Å². The Balaban J connectivity index is 2.50. The summed E-state index contributed by atoms with van der Waals surface area (Å²) in [5.41, 5.74) is 12.2. The van der Waals surface area contributed by atoms with Crippen LogP contribution in [-0.2, 0) is 9.59 Å². The quantitative estimate of drug-likeness (QED) is 0.141. The number of aliphatic carboxylic acids is 2. The van der Waals surface area contributed by atoms with E-state index >= 15 is 0 Å². The third-order valence-corrected chi connectivity index (χ3v) is 8.47. The highest BCUT2D eigenvalue weighted by Crippen LogP contribution is 2.46. The fourth-order valence-corrected chi connectivity index (χ4v) is 6.09. The Labute approximate surface area is 208 Å². The minimum absolute atomic E-state index is 0.0472. The van der Waals surface area contributed by atoms with Gasteiger partial charge in [0.15, 0.2) is 0 Å². The van der Waals surface area contributed by atoms with Crippen molar-refractivity contribution in [2.75, 3.05) is 13.1 Å². The van der Waals surface area contributed by atoms with Gasteiger partial charge >= 0.3 is 11.9 Å². The molecule has 0 aliphatic heterocycles. The summed E-state index contributed by atoms with van der Waals surface area (Å²) in [6.45, 7) is 3.64. The van der Waals surface area contributed by atoms with Crippen LogP contribution in [0.4, 0.5) is 0 Å². The fourth-order valence-electron chi connectivity index (χ4n) is 6.09. The first-order chi connectivity index (χ1) is 16.3. The van der Waals surface area contributed by atoms with E-state index in [-0.39, 0.29) is 23.7 Å². The van der Waals surface area contributed by atoms with E-state index in [9.17, 15) is 14.7 Å². The monoisotopic (exact) mass is 482 g/mol. The van der Waals surface area contributed by atoms with Gasteiger partial charge in [-0.3, -0.25) is 9.59 Å². The van der Waals surface area contributed by atoms with Gasteiger partial charge in [-0.05, 0) is 81.7 Å². The molecule has 200 valence electrons. The van der Waals surface area contributed by atoms with Crippen LogP contribution in [0.5, 0.6) is 0 Å². The normalized spacial score (nSPS) is 18.3. The third kappa shape index (κ3) is 12.5. The van der Waals surface area contributed by atoms with Gasteiger partial charge in [-0.15, -0.1) is 0 Å². The lowest BCUT2D eigenvalue weighted by Gasteiger charge is -2.41. The van der Waals surface area contributed by atoms with Gasteiger partial charge < -0.3 is 21.7 Å². The maximum absolute atomic E-state index is 12.1. The van der Waals surface area contributed by atoms with Gasteiger partial charge in [0.25, 0.3) is 0 Å². The topological polar surface area (TPSA) is 127 Å². The summed E-state index contributed by atoms with van der Waals surface area (Å²) >= 11 is 0. The lowest BCUT2D eigenvalue weighted by Crippen LogP contribution is -2.34. The Bertz CT molecular complexity index is 551. The van der Waals surface area contributed by atoms with Crippen LogP contribution in [0.3, 0.4) is 0 Å².